The number of rotatable bonds is 4. The highest BCUT2D eigenvalue weighted by atomic mass is 35.5. The van der Waals surface area contributed by atoms with Gasteiger partial charge in [0.05, 0.1) is 14.2 Å². The van der Waals surface area contributed by atoms with E-state index in [0.717, 1.165) is 0 Å². The van der Waals surface area contributed by atoms with Crippen LogP contribution in [-0.4, -0.2) is 51.5 Å². The fraction of sp³-hybridized carbons (Fsp3) is 0.571. The molecule has 1 heterocycles. The number of methoxy groups -OCH3 is 2. The number of hydrogen-bond donors (Lipinski definition) is 1. The standard InChI is InChI=1S/C14H19F3N2O2.2ClH/c1-20-11-4-3-10(9-12(11)21-2)13(14(15,16)17)19-7-5-18-6-8-19;;/h3-4,9,13,18H,5-8H2,1-2H3;2*1H/t13-;;/m0../s1. The summed E-state index contributed by atoms with van der Waals surface area (Å²) in [7, 11) is 2.87. The summed E-state index contributed by atoms with van der Waals surface area (Å²) in [6, 6.07) is 2.73. The topological polar surface area (TPSA) is 33.7 Å². The van der Waals surface area contributed by atoms with Gasteiger partial charge in [-0.15, -0.1) is 24.8 Å². The fourth-order valence-electron chi connectivity index (χ4n) is 2.57. The lowest BCUT2D eigenvalue weighted by Crippen LogP contribution is -2.49. The van der Waals surface area contributed by atoms with Gasteiger partial charge in [0.2, 0.25) is 0 Å². The Bertz CT molecular complexity index is 484. The average molecular weight is 377 g/mol. The summed E-state index contributed by atoms with van der Waals surface area (Å²) >= 11 is 0. The molecule has 0 saturated carbocycles. The molecule has 1 aliphatic rings. The molecule has 4 nitrogen and oxygen atoms in total. The van der Waals surface area contributed by atoms with Crippen molar-refractivity contribution in [2.75, 3.05) is 40.4 Å². The van der Waals surface area contributed by atoms with Gasteiger partial charge in [0.25, 0.3) is 0 Å². The van der Waals surface area contributed by atoms with Crippen LogP contribution in [0.4, 0.5) is 13.2 Å². The zero-order valence-electron chi connectivity index (χ0n) is 12.9. The van der Waals surface area contributed by atoms with Crippen molar-refractivity contribution in [1.82, 2.24) is 10.2 Å². The maximum Gasteiger partial charge on any atom is 0.408 e. The molecule has 0 amide bonds. The first kappa shape index (κ1) is 22.1. The second-order valence-corrected chi connectivity index (χ2v) is 4.84. The fourth-order valence-corrected chi connectivity index (χ4v) is 2.57. The molecule has 1 aromatic rings. The van der Waals surface area contributed by atoms with Crippen LogP contribution in [0.25, 0.3) is 0 Å². The lowest BCUT2D eigenvalue weighted by atomic mass is 10.0. The molecule has 1 atom stereocenters. The molecule has 23 heavy (non-hydrogen) atoms. The van der Waals surface area contributed by atoms with Crippen LogP contribution in [0.5, 0.6) is 11.5 Å². The van der Waals surface area contributed by atoms with Gasteiger partial charge in [0, 0.05) is 26.2 Å². The highest BCUT2D eigenvalue weighted by molar-refractivity contribution is 5.85. The van der Waals surface area contributed by atoms with Gasteiger partial charge in [-0.25, -0.2) is 0 Å². The lowest BCUT2D eigenvalue weighted by molar-refractivity contribution is -0.187. The third-order valence-corrected chi connectivity index (χ3v) is 3.55. The number of ether oxygens (including phenoxy) is 2. The SMILES string of the molecule is COc1ccc([C@H](N2CCNCC2)C(F)(F)F)cc1OC.Cl.Cl. The number of benzene rings is 1. The van der Waals surface area contributed by atoms with Crippen molar-refractivity contribution in [3.63, 3.8) is 0 Å². The molecule has 9 heteroatoms. The summed E-state index contributed by atoms with van der Waals surface area (Å²) in [5.74, 6) is 0.724. The van der Waals surface area contributed by atoms with Crippen molar-refractivity contribution in [2.24, 2.45) is 0 Å². The number of nitrogens with zero attached hydrogens (tertiary/aromatic N) is 1. The summed E-state index contributed by atoms with van der Waals surface area (Å²) in [4.78, 5) is 1.44. The molecule has 0 spiro atoms. The van der Waals surface area contributed by atoms with Crippen LogP contribution in [0.2, 0.25) is 0 Å². The van der Waals surface area contributed by atoms with E-state index >= 15 is 0 Å². The highest BCUT2D eigenvalue weighted by Gasteiger charge is 2.45. The van der Waals surface area contributed by atoms with Crippen LogP contribution >= 0.6 is 24.8 Å². The van der Waals surface area contributed by atoms with Gasteiger partial charge in [-0.2, -0.15) is 13.2 Å². The maximum atomic E-state index is 13.5. The summed E-state index contributed by atoms with van der Waals surface area (Å²) in [6.45, 7) is 1.83. The Hall–Kier alpha value is -0.890. The van der Waals surface area contributed by atoms with Gasteiger partial charge in [0.15, 0.2) is 11.5 Å². The first-order chi connectivity index (χ1) is 9.97. The largest absolute Gasteiger partial charge is 0.493 e. The van der Waals surface area contributed by atoms with E-state index < -0.39 is 12.2 Å². The van der Waals surface area contributed by atoms with E-state index in [0.29, 0.717) is 37.7 Å². The lowest BCUT2D eigenvalue weighted by Gasteiger charge is -2.36. The van der Waals surface area contributed by atoms with Gasteiger partial charge in [-0.1, -0.05) is 6.07 Å². The maximum absolute atomic E-state index is 13.5. The van der Waals surface area contributed by atoms with Gasteiger partial charge < -0.3 is 14.8 Å². The van der Waals surface area contributed by atoms with Crippen LogP contribution in [0.15, 0.2) is 18.2 Å². The summed E-state index contributed by atoms with van der Waals surface area (Å²) in [5, 5.41) is 3.06. The normalized spacial score (nSPS) is 16.7. The minimum Gasteiger partial charge on any atom is -0.493 e. The third-order valence-electron chi connectivity index (χ3n) is 3.55. The summed E-state index contributed by atoms with van der Waals surface area (Å²) in [6.07, 6.45) is -4.34. The van der Waals surface area contributed by atoms with Crippen LogP contribution in [0, 0.1) is 0 Å². The zero-order chi connectivity index (χ0) is 15.5. The van der Waals surface area contributed by atoms with Crippen LogP contribution in [0.1, 0.15) is 11.6 Å². The Labute approximate surface area is 146 Å². The Balaban J connectivity index is 0.00000242. The van der Waals surface area contributed by atoms with Gasteiger partial charge in [-0.05, 0) is 17.7 Å². The molecule has 0 aromatic heterocycles. The van der Waals surface area contributed by atoms with Crippen LogP contribution < -0.4 is 14.8 Å². The van der Waals surface area contributed by atoms with E-state index in [9.17, 15) is 13.2 Å². The molecule has 0 unspecified atom stereocenters. The summed E-state index contributed by atoms with van der Waals surface area (Å²) < 4.78 is 50.6. The Morgan fingerprint density at radius 2 is 1.61 bits per heavy atom. The zero-order valence-corrected chi connectivity index (χ0v) is 14.5. The molecular weight excluding hydrogens is 356 g/mol. The average Bonchev–Trinajstić information content (AvgIpc) is 2.47. The second kappa shape index (κ2) is 9.42. The van der Waals surface area contributed by atoms with Crippen molar-refractivity contribution < 1.29 is 22.6 Å². The predicted octanol–water partition coefficient (Wildman–Crippen LogP) is 3.06. The molecule has 1 N–H and O–H groups in total. The quantitative estimate of drug-likeness (QED) is 0.875. The summed E-state index contributed by atoms with van der Waals surface area (Å²) in [5.41, 5.74) is 0.169. The molecular formula is C14H21Cl2F3N2O2. The Kier molecular flexibility index (Phi) is 9.05. The van der Waals surface area contributed by atoms with Crippen molar-refractivity contribution in [3.8, 4) is 11.5 Å². The van der Waals surface area contributed by atoms with E-state index in [2.05, 4.69) is 5.32 Å². The highest BCUT2D eigenvalue weighted by Crippen LogP contribution is 2.40. The minimum absolute atomic E-state index is 0. The number of piperazine rings is 1. The Morgan fingerprint density at radius 3 is 2.09 bits per heavy atom. The predicted molar refractivity (Wildman–Crippen MR) is 87.3 cm³/mol. The van der Waals surface area contributed by atoms with Crippen LogP contribution in [-0.2, 0) is 0 Å². The van der Waals surface area contributed by atoms with Crippen LogP contribution in [0.3, 0.4) is 0 Å². The number of hydrogen-bond acceptors (Lipinski definition) is 4. The molecule has 134 valence electrons. The molecule has 0 radical (unpaired) electrons. The molecule has 0 aliphatic carbocycles. The van der Waals surface area contributed by atoms with Crippen molar-refractivity contribution in [1.29, 1.82) is 0 Å². The van der Waals surface area contributed by atoms with Crippen molar-refractivity contribution in [2.45, 2.75) is 12.2 Å². The second-order valence-electron chi connectivity index (χ2n) is 4.84. The van der Waals surface area contributed by atoms with Gasteiger partial charge in [0.1, 0.15) is 6.04 Å². The van der Waals surface area contributed by atoms with Crippen molar-refractivity contribution in [3.05, 3.63) is 23.8 Å². The van der Waals surface area contributed by atoms with Gasteiger partial charge in [-0.3, -0.25) is 4.90 Å². The van der Waals surface area contributed by atoms with Gasteiger partial charge >= 0.3 is 6.18 Å². The van der Waals surface area contributed by atoms with Crippen molar-refractivity contribution >= 4 is 24.8 Å². The van der Waals surface area contributed by atoms with E-state index in [1.165, 1.54) is 37.3 Å². The molecule has 0 bridgehead atoms. The first-order valence-electron chi connectivity index (χ1n) is 6.70. The van der Waals surface area contributed by atoms with E-state index in [1.54, 1.807) is 0 Å². The number of nitrogens with one attached hydrogen (secondary N) is 1. The molecule has 2 rings (SSSR count). The molecule has 1 aromatic carbocycles. The molecule has 1 aliphatic heterocycles. The van der Waals surface area contributed by atoms with E-state index in [1.807, 2.05) is 0 Å². The molecule has 1 fully saturated rings. The number of alkyl halides is 3. The molecule has 1 saturated heterocycles. The van der Waals surface area contributed by atoms with E-state index in [-0.39, 0.29) is 30.4 Å². The smallest absolute Gasteiger partial charge is 0.408 e. The Morgan fingerprint density at radius 1 is 1.04 bits per heavy atom. The first-order valence-corrected chi connectivity index (χ1v) is 6.70. The number of halogens is 5. The third kappa shape index (κ3) is 5.31. The van der Waals surface area contributed by atoms with E-state index in [4.69, 9.17) is 9.47 Å². The minimum atomic E-state index is -4.34. The monoisotopic (exact) mass is 376 g/mol.